The first kappa shape index (κ1) is 15.1. The molecule has 0 bridgehead atoms. The summed E-state index contributed by atoms with van der Waals surface area (Å²) in [5.74, 6) is 1.69. The molecule has 1 N–H and O–H groups in total. The fourth-order valence-electron chi connectivity index (χ4n) is 3.53. The van der Waals surface area contributed by atoms with E-state index in [9.17, 15) is 0 Å². The van der Waals surface area contributed by atoms with Gasteiger partial charge in [-0.05, 0) is 48.6 Å². The Kier molecular flexibility index (Phi) is 4.14. The van der Waals surface area contributed by atoms with Crippen LogP contribution in [0.15, 0.2) is 30.3 Å². The molecule has 2 aromatic rings. The lowest BCUT2D eigenvalue weighted by Gasteiger charge is -2.40. The molecule has 2 aliphatic rings. The van der Waals surface area contributed by atoms with Crippen LogP contribution in [0.4, 0.5) is 5.82 Å². The van der Waals surface area contributed by atoms with Crippen molar-refractivity contribution in [3.63, 3.8) is 0 Å². The SMILES string of the molecule is N#Cc1cccc(CNCC2CN(c3cc4c(nn3)CCC4)C2)c1. The molecular weight excluding hydrogens is 298 g/mol. The summed E-state index contributed by atoms with van der Waals surface area (Å²) in [5, 5.41) is 21.2. The van der Waals surface area contributed by atoms with Crippen LogP contribution in [0.2, 0.25) is 0 Å². The number of benzene rings is 1. The van der Waals surface area contributed by atoms with Crippen molar-refractivity contribution in [1.82, 2.24) is 15.5 Å². The lowest BCUT2D eigenvalue weighted by atomic mass is 10.00. The van der Waals surface area contributed by atoms with Crippen molar-refractivity contribution in [1.29, 1.82) is 5.26 Å². The van der Waals surface area contributed by atoms with Gasteiger partial charge in [0, 0.05) is 32.1 Å². The molecular formula is C19H21N5. The Bertz CT molecular complexity index is 774. The third-order valence-electron chi connectivity index (χ3n) is 4.91. The summed E-state index contributed by atoms with van der Waals surface area (Å²) in [4.78, 5) is 2.31. The molecule has 1 aliphatic carbocycles. The molecule has 2 heterocycles. The Balaban J connectivity index is 1.24. The Labute approximate surface area is 142 Å². The molecule has 0 unspecified atom stereocenters. The van der Waals surface area contributed by atoms with Gasteiger partial charge in [-0.3, -0.25) is 0 Å². The van der Waals surface area contributed by atoms with Crippen molar-refractivity contribution in [3.05, 3.63) is 52.7 Å². The monoisotopic (exact) mass is 319 g/mol. The topological polar surface area (TPSA) is 64.8 Å². The van der Waals surface area contributed by atoms with Crippen molar-refractivity contribution in [2.75, 3.05) is 24.5 Å². The molecule has 1 aromatic heterocycles. The highest BCUT2D eigenvalue weighted by molar-refractivity contribution is 5.45. The standard InChI is InChI=1S/C19H21N5/c20-9-14-3-1-4-15(7-14)10-21-11-16-12-24(13-16)19-8-17-5-2-6-18(17)22-23-19/h1,3-4,7-8,16,21H,2,5-6,10-13H2. The molecule has 0 spiro atoms. The van der Waals surface area contributed by atoms with Gasteiger partial charge < -0.3 is 10.2 Å². The van der Waals surface area contributed by atoms with Gasteiger partial charge in [0.05, 0.1) is 17.3 Å². The molecule has 0 radical (unpaired) electrons. The van der Waals surface area contributed by atoms with E-state index in [1.54, 1.807) is 0 Å². The molecule has 4 rings (SSSR count). The van der Waals surface area contributed by atoms with E-state index in [0.717, 1.165) is 56.0 Å². The van der Waals surface area contributed by atoms with Crippen LogP contribution >= 0.6 is 0 Å². The first-order valence-corrected chi connectivity index (χ1v) is 8.62. The van der Waals surface area contributed by atoms with Gasteiger partial charge in [0.1, 0.15) is 0 Å². The third kappa shape index (κ3) is 3.10. The molecule has 5 nitrogen and oxygen atoms in total. The summed E-state index contributed by atoms with van der Waals surface area (Å²) in [5.41, 5.74) is 4.46. The van der Waals surface area contributed by atoms with E-state index in [1.807, 2.05) is 18.2 Å². The van der Waals surface area contributed by atoms with Crippen molar-refractivity contribution in [2.24, 2.45) is 5.92 Å². The number of nitrogens with one attached hydrogen (secondary N) is 1. The zero-order valence-corrected chi connectivity index (χ0v) is 13.7. The fraction of sp³-hybridized carbons (Fsp3) is 0.421. The maximum atomic E-state index is 8.93. The van der Waals surface area contributed by atoms with Crippen LogP contribution in [0.5, 0.6) is 0 Å². The molecule has 24 heavy (non-hydrogen) atoms. The van der Waals surface area contributed by atoms with Crippen LogP contribution in [-0.2, 0) is 19.4 Å². The number of hydrogen-bond acceptors (Lipinski definition) is 5. The fourth-order valence-corrected chi connectivity index (χ4v) is 3.53. The van der Waals surface area contributed by atoms with Crippen LogP contribution < -0.4 is 10.2 Å². The van der Waals surface area contributed by atoms with E-state index >= 15 is 0 Å². The van der Waals surface area contributed by atoms with Crippen molar-refractivity contribution in [3.8, 4) is 6.07 Å². The number of hydrogen-bond donors (Lipinski definition) is 1. The maximum absolute atomic E-state index is 8.93. The molecule has 1 saturated heterocycles. The Morgan fingerprint density at radius 3 is 3.00 bits per heavy atom. The molecule has 0 atom stereocenters. The minimum Gasteiger partial charge on any atom is -0.354 e. The van der Waals surface area contributed by atoms with Crippen molar-refractivity contribution >= 4 is 5.82 Å². The zero-order chi connectivity index (χ0) is 16.4. The van der Waals surface area contributed by atoms with Gasteiger partial charge in [0.2, 0.25) is 0 Å². The average molecular weight is 319 g/mol. The number of fused-ring (bicyclic) bond motifs is 1. The highest BCUT2D eigenvalue weighted by Crippen LogP contribution is 2.26. The summed E-state index contributed by atoms with van der Waals surface area (Å²) in [6, 6.07) is 12.2. The van der Waals surface area contributed by atoms with Gasteiger partial charge in [0.25, 0.3) is 0 Å². The predicted molar refractivity (Wildman–Crippen MR) is 92.6 cm³/mol. The average Bonchev–Trinajstić information content (AvgIpc) is 3.04. The predicted octanol–water partition coefficient (Wildman–Crippen LogP) is 2.06. The van der Waals surface area contributed by atoms with Crippen LogP contribution in [0.1, 0.15) is 28.8 Å². The Hall–Kier alpha value is -2.45. The molecule has 5 heteroatoms. The van der Waals surface area contributed by atoms with E-state index in [0.29, 0.717) is 5.92 Å². The third-order valence-corrected chi connectivity index (χ3v) is 4.91. The molecule has 122 valence electrons. The zero-order valence-electron chi connectivity index (χ0n) is 13.7. The molecule has 1 aromatic carbocycles. The number of nitriles is 1. The van der Waals surface area contributed by atoms with Gasteiger partial charge in [-0.1, -0.05) is 12.1 Å². The molecule has 1 fully saturated rings. The van der Waals surface area contributed by atoms with Gasteiger partial charge >= 0.3 is 0 Å². The Morgan fingerprint density at radius 1 is 1.21 bits per heavy atom. The lowest BCUT2D eigenvalue weighted by Crippen LogP contribution is -2.51. The summed E-state index contributed by atoms with van der Waals surface area (Å²) in [6.45, 7) is 3.88. The molecule has 0 amide bonds. The maximum Gasteiger partial charge on any atom is 0.151 e. The van der Waals surface area contributed by atoms with E-state index in [4.69, 9.17) is 5.26 Å². The van der Waals surface area contributed by atoms with Gasteiger partial charge in [-0.25, -0.2) is 0 Å². The second-order valence-corrected chi connectivity index (χ2v) is 6.74. The first-order valence-electron chi connectivity index (χ1n) is 8.62. The van der Waals surface area contributed by atoms with E-state index in [1.165, 1.54) is 17.7 Å². The van der Waals surface area contributed by atoms with Crippen LogP contribution in [0.25, 0.3) is 0 Å². The van der Waals surface area contributed by atoms with E-state index in [-0.39, 0.29) is 0 Å². The minimum absolute atomic E-state index is 0.652. The summed E-state index contributed by atoms with van der Waals surface area (Å²) in [7, 11) is 0. The molecule has 1 aliphatic heterocycles. The quantitative estimate of drug-likeness (QED) is 0.914. The Morgan fingerprint density at radius 2 is 2.12 bits per heavy atom. The largest absolute Gasteiger partial charge is 0.354 e. The van der Waals surface area contributed by atoms with E-state index < -0.39 is 0 Å². The highest BCUT2D eigenvalue weighted by Gasteiger charge is 2.28. The second-order valence-electron chi connectivity index (χ2n) is 6.74. The van der Waals surface area contributed by atoms with Gasteiger partial charge in [0.15, 0.2) is 5.82 Å². The number of rotatable bonds is 5. The second kappa shape index (κ2) is 6.58. The van der Waals surface area contributed by atoms with Crippen LogP contribution in [-0.4, -0.2) is 29.8 Å². The summed E-state index contributed by atoms with van der Waals surface area (Å²) >= 11 is 0. The highest BCUT2D eigenvalue weighted by atomic mass is 15.3. The molecule has 0 saturated carbocycles. The van der Waals surface area contributed by atoms with Crippen molar-refractivity contribution in [2.45, 2.75) is 25.8 Å². The smallest absolute Gasteiger partial charge is 0.151 e. The number of nitrogens with zero attached hydrogens (tertiary/aromatic N) is 4. The number of aryl methyl sites for hydroxylation is 2. The minimum atomic E-state index is 0.652. The van der Waals surface area contributed by atoms with E-state index in [2.05, 4.69) is 38.6 Å². The van der Waals surface area contributed by atoms with Crippen molar-refractivity contribution < 1.29 is 0 Å². The van der Waals surface area contributed by atoms with Crippen LogP contribution in [0, 0.1) is 17.2 Å². The number of anilines is 1. The van der Waals surface area contributed by atoms with Gasteiger partial charge in [-0.2, -0.15) is 10.4 Å². The first-order chi connectivity index (χ1) is 11.8. The summed E-state index contributed by atoms with van der Waals surface area (Å²) < 4.78 is 0. The van der Waals surface area contributed by atoms with Gasteiger partial charge in [-0.15, -0.1) is 5.10 Å². The number of aromatic nitrogens is 2. The van der Waals surface area contributed by atoms with Crippen LogP contribution in [0.3, 0.4) is 0 Å². The summed E-state index contributed by atoms with van der Waals surface area (Å²) in [6.07, 6.45) is 3.45. The lowest BCUT2D eigenvalue weighted by molar-refractivity contribution is 0.381. The normalized spacial score (nSPS) is 16.5.